The van der Waals surface area contributed by atoms with Gasteiger partial charge in [-0.3, -0.25) is 0 Å². The van der Waals surface area contributed by atoms with Crippen LogP contribution in [0.4, 0.5) is 4.39 Å². The van der Waals surface area contributed by atoms with Gasteiger partial charge in [-0.1, -0.05) is 43.2 Å². The number of carbonyl (C=O) groups excluding carboxylic acids is 1. The van der Waals surface area contributed by atoms with Crippen molar-refractivity contribution in [3.8, 4) is 0 Å². The molecule has 36 heavy (non-hydrogen) atoms. The molecule has 2 aromatic carbocycles. The molecule has 0 bridgehead atoms. The molecule has 0 radical (unpaired) electrons. The minimum Gasteiger partial charge on any atom is -0.465 e. The summed E-state index contributed by atoms with van der Waals surface area (Å²) in [6, 6.07) is 17.8. The summed E-state index contributed by atoms with van der Waals surface area (Å²) >= 11 is 0. The smallest absolute Gasteiger partial charge is 0.340 e. The average Bonchev–Trinajstić information content (AvgIpc) is 3.55. The maximum absolute atomic E-state index is 15.0. The summed E-state index contributed by atoms with van der Waals surface area (Å²) in [4.78, 5) is 16.5. The predicted molar refractivity (Wildman–Crippen MR) is 136 cm³/mol. The third kappa shape index (κ3) is 4.33. The van der Waals surface area contributed by atoms with Crippen molar-refractivity contribution in [2.75, 3.05) is 7.11 Å². The van der Waals surface area contributed by atoms with E-state index in [9.17, 15) is 13.2 Å². The standard InChI is InChI=1S/C28H25FN2O4S/c1-35-28(32)23-14-13-20(17-25(23)29)24(16-19-8-5-6-9-19)26-18-21-10-7-15-30-27(21)31(26)36(33,34)22-11-3-2-4-12-22/h2-4,7,10-19H,5-6,8-9H2,1H3. The molecule has 0 aliphatic heterocycles. The first kappa shape index (κ1) is 23.9. The molecule has 0 unspecified atom stereocenters. The van der Waals surface area contributed by atoms with Crippen molar-refractivity contribution in [3.05, 3.63) is 102 Å². The maximum Gasteiger partial charge on any atom is 0.340 e. The quantitative estimate of drug-likeness (QED) is 0.309. The van der Waals surface area contributed by atoms with Gasteiger partial charge in [0, 0.05) is 17.2 Å². The van der Waals surface area contributed by atoms with Crippen molar-refractivity contribution < 1.29 is 22.3 Å². The molecule has 2 heterocycles. The molecule has 0 atom stereocenters. The average molecular weight is 505 g/mol. The number of rotatable bonds is 6. The maximum atomic E-state index is 15.0. The van der Waals surface area contributed by atoms with E-state index >= 15 is 4.39 Å². The second kappa shape index (κ2) is 9.70. The number of hydrogen-bond acceptors (Lipinski definition) is 5. The summed E-state index contributed by atoms with van der Waals surface area (Å²) in [5, 5.41) is 0.649. The number of carbonyl (C=O) groups is 1. The lowest BCUT2D eigenvalue weighted by molar-refractivity contribution is 0.0595. The molecule has 1 aliphatic rings. The Morgan fingerprint density at radius 1 is 1.06 bits per heavy atom. The van der Waals surface area contributed by atoms with Crippen molar-refractivity contribution in [1.82, 2.24) is 8.96 Å². The molecule has 0 spiro atoms. The lowest BCUT2D eigenvalue weighted by Gasteiger charge is -2.16. The Morgan fingerprint density at radius 2 is 1.81 bits per heavy atom. The number of allylic oxidation sites excluding steroid dienone is 1. The molecule has 5 rings (SSSR count). The van der Waals surface area contributed by atoms with Crippen molar-refractivity contribution in [2.24, 2.45) is 5.92 Å². The van der Waals surface area contributed by atoms with Gasteiger partial charge in [-0.25, -0.2) is 26.6 Å². The van der Waals surface area contributed by atoms with Gasteiger partial charge in [0.1, 0.15) is 5.82 Å². The SMILES string of the molecule is COC(=O)c1ccc(C(=CC2CCCC2)c2cc3cccnc3n2S(=O)(=O)c2ccccc2)cc1F. The fourth-order valence-electron chi connectivity index (χ4n) is 4.79. The van der Waals surface area contributed by atoms with Crippen LogP contribution in [0.3, 0.4) is 0 Å². The van der Waals surface area contributed by atoms with Crippen molar-refractivity contribution >= 4 is 32.6 Å². The topological polar surface area (TPSA) is 78.3 Å². The number of ether oxygens (including phenoxy) is 1. The van der Waals surface area contributed by atoms with Gasteiger partial charge in [0.15, 0.2) is 5.65 Å². The number of fused-ring (bicyclic) bond motifs is 1. The molecular weight excluding hydrogens is 479 g/mol. The lowest BCUT2D eigenvalue weighted by Crippen LogP contribution is -2.16. The number of pyridine rings is 1. The summed E-state index contributed by atoms with van der Waals surface area (Å²) in [5.41, 5.74) is 1.56. The van der Waals surface area contributed by atoms with Gasteiger partial charge in [0.05, 0.1) is 23.3 Å². The predicted octanol–water partition coefficient (Wildman–Crippen LogP) is 5.82. The van der Waals surface area contributed by atoms with Gasteiger partial charge in [-0.2, -0.15) is 0 Å². The number of methoxy groups -OCH3 is 1. The number of benzene rings is 2. The molecular formula is C28H25FN2O4S. The first-order valence-electron chi connectivity index (χ1n) is 11.8. The van der Waals surface area contributed by atoms with E-state index in [1.54, 1.807) is 60.8 Å². The highest BCUT2D eigenvalue weighted by molar-refractivity contribution is 7.90. The van der Waals surface area contributed by atoms with E-state index in [1.165, 1.54) is 23.2 Å². The molecule has 4 aromatic rings. The molecule has 1 fully saturated rings. The third-order valence-electron chi connectivity index (χ3n) is 6.57. The number of halogens is 1. The van der Waals surface area contributed by atoms with E-state index in [-0.39, 0.29) is 16.4 Å². The normalized spacial score (nSPS) is 14.9. The van der Waals surface area contributed by atoms with Crippen LogP contribution in [0, 0.1) is 11.7 Å². The molecule has 1 saturated carbocycles. The van der Waals surface area contributed by atoms with Crippen LogP contribution in [0.5, 0.6) is 0 Å². The summed E-state index contributed by atoms with van der Waals surface area (Å²) < 4.78 is 48.8. The minimum absolute atomic E-state index is 0.127. The van der Waals surface area contributed by atoms with Gasteiger partial charge >= 0.3 is 5.97 Å². The highest BCUT2D eigenvalue weighted by atomic mass is 32.2. The van der Waals surface area contributed by atoms with Crippen molar-refractivity contribution in [3.63, 3.8) is 0 Å². The fraction of sp³-hybridized carbons (Fsp3) is 0.214. The van der Waals surface area contributed by atoms with Gasteiger partial charge in [0.2, 0.25) is 0 Å². The van der Waals surface area contributed by atoms with E-state index in [0.717, 1.165) is 25.7 Å². The van der Waals surface area contributed by atoms with Crippen LogP contribution in [-0.4, -0.2) is 30.5 Å². The number of hydrogen-bond donors (Lipinski definition) is 0. The number of aromatic nitrogens is 2. The Hall–Kier alpha value is -3.78. The van der Waals surface area contributed by atoms with Gasteiger partial charge < -0.3 is 4.74 Å². The van der Waals surface area contributed by atoms with E-state index in [2.05, 4.69) is 9.72 Å². The van der Waals surface area contributed by atoms with Crippen LogP contribution in [-0.2, 0) is 14.8 Å². The van der Waals surface area contributed by atoms with Crippen molar-refractivity contribution in [2.45, 2.75) is 30.6 Å². The number of nitrogens with zero attached hydrogens (tertiary/aromatic N) is 2. The zero-order valence-electron chi connectivity index (χ0n) is 19.7. The Morgan fingerprint density at radius 3 is 2.50 bits per heavy atom. The second-order valence-corrected chi connectivity index (χ2v) is 10.6. The highest BCUT2D eigenvalue weighted by Gasteiger charge is 2.27. The first-order chi connectivity index (χ1) is 17.4. The number of esters is 1. The van der Waals surface area contributed by atoms with Crippen LogP contribution in [0.25, 0.3) is 16.6 Å². The summed E-state index contributed by atoms with van der Waals surface area (Å²) in [6.45, 7) is 0. The molecule has 2 aromatic heterocycles. The Bertz CT molecular complexity index is 1570. The largest absolute Gasteiger partial charge is 0.465 e. The van der Waals surface area contributed by atoms with Crippen LogP contribution >= 0.6 is 0 Å². The van der Waals surface area contributed by atoms with E-state index < -0.39 is 21.8 Å². The zero-order valence-corrected chi connectivity index (χ0v) is 20.5. The van der Waals surface area contributed by atoms with Crippen LogP contribution < -0.4 is 0 Å². The third-order valence-corrected chi connectivity index (χ3v) is 8.28. The highest BCUT2D eigenvalue weighted by Crippen LogP contribution is 2.36. The van der Waals surface area contributed by atoms with Crippen LogP contribution in [0.2, 0.25) is 0 Å². The monoisotopic (exact) mass is 504 g/mol. The molecule has 8 heteroatoms. The molecule has 1 aliphatic carbocycles. The van der Waals surface area contributed by atoms with E-state index in [4.69, 9.17) is 0 Å². The van der Waals surface area contributed by atoms with E-state index in [1.807, 2.05) is 6.08 Å². The Labute approximate surface area is 209 Å². The van der Waals surface area contributed by atoms with Crippen LogP contribution in [0.15, 0.2) is 83.9 Å². The van der Waals surface area contributed by atoms with Gasteiger partial charge in [-0.05, 0) is 66.8 Å². The fourth-order valence-corrected chi connectivity index (χ4v) is 6.29. The van der Waals surface area contributed by atoms with Gasteiger partial charge in [0.25, 0.3) is 10.0 Å². The first-order valence-corrected chi connectivity index (χ1v) is 13.2. The summed E-state index contributed by atoms with van der Waals surface area (Å²) in [7, 11) is -2.83. The van der Waals surface area contributed by atoms with E-state index in [0.29, 0.717) is 27.9 Å². The lowest BCUT2D eigenvalue weighted by atomic mass is 9.95. The zero-order chi connectivity index (χ0) is 25.3. The Kier molecular flexibility index (Phi) is 6.45. The summed E-state index contributed by atoms with van der Waals surface area (Å²) in [5.74, 6) is -1.28. The van der Waals surface area contributed by atoms with Crippen molar-refractivity contribution in [1.29, 1.82) is 0 Å². The summed E-state index contributed by atoms with van der Waals surface area (Å²) in [6.07, 6.45) is 7.68. The molecule has 0 saturated heterocycles. The molecule has 0 amide bonds. The Balaban J connectivity index is 1.77. The van der Waals surface area contributed by atoms with Crippen LogP contribution in [0.1, 0.15) is 47.3 Å². The minimum atomic E-state index is -4.03. The molecule has 6 nitrogen and oxygen atoms in total. The second-order valence-electron chi connectivity index (χ2n) is 8.84. The molecule has 184 valence electrons. The molecule has 0 N–H and O–H groups in total. The van der Waals surface area contributed by atoms with Gasteiger partial charge in [-0.15, -0.1) is 0 Å².